The van der Waals surface area contributed by atoms with Crippen LogP contribution in [0.25, 0.3) is 0 Å². The molecule has 1 atom stereocenters. The molecule has 3 aromatic carbocycles. The summed E-state index contributed by atoms with van der Waals surface area (Å²) in [5, 5.41) is 3.55. The zero-order chi connectivity index (χ0) is 18.1. The Bertz CT molecular complexity index is 929. The highest BCUT2D eigenvalue weighted by Crippen LogP contribution is 2.36. The molecule has 3 aromatic rings. The van der Waals surface area contributed by atoms with Gasteiger partial charge in [0, 0.05) is 11.4 Å². The summed E-state index contributed by atoms with van der Waals surface area (Å²) in [5.41, 5.74) is 6.02. The average molecular weight is 342 g/mol. The van der Waals surface area contributed by atoms with Gasteiger partial charge in [0.2, 0.25) is 0 Å². The first kappa shape index (κ1) is 16.4. The second kappa shape index (κ2) is 6.68. The third kappa shape index (κ3) is 2.86. The predicted octanol–water partition coefficient (Wildman–Crippen LogP) is 5.33. The molecule has 26 heavy (non-hydrogen) atoms. The number of hydrogen-bond acceptors (Lipinski definition) is 2. The summed E-state index contributed by atoms with van der Waals surface area (Å²) in [6, 6.07) is 24.3. The second-order valence-corrected chi connectivity index (χ2v) is 6.70. The van der Waals surface area contributed by atoms with Crippen LogP contribution in [0.3, 0.4) is 0 Å². The summed E-state index contributed by atoms with van der Waals surface area (Å²) in [5.74, 6) is 0.0211. The Hall–Kier alpha value is -3.07. The molecule has 0 aliphatic carbocycles. The smallest absolute Gasteiger partial charge is 0.262 e. The molecule has 1 heterocycles. The SMILES string of the molecule is CCc1ccc([C@H]2Nc3ccccc3C(=O)N2c2ccc(C)cc2)cc1. The highest BCUT2D eigenvalue weighted by atomic mass is 16.2. The van der Waals surface area contributed by atoms with Crippen LogP contribution in [0.5, 0.6) is 0 Å². The van der Waals surface area contributed by atoms with Crippen molar-refractivity contribution in [1.29, 1.82) is 0 Å². The molecule has 3 nitrogen and oxygen atoms in total. The zero-order valence-electron chi connectivity index (χ0n) is 15.1. The Morgan fingerprint density at radius 1 is 0.923 bits per heavy atom. The minimum Gasteiger partial charge on any atom is -0.360 e. The Kier molecular flexibility index (Phi) is 4.21. The van der Waals surface area contributed by atoms with Gasteiger partial charge in [0.05, 0.1) is 5.56 Å². The van der Waals surface area contributed by atoms with Crippen molar-refractivity contribution in [3.05, 3.63) is 95.1 Å². The third-order valence-electron chi connectivity index (χ3n) is 4.94. The monoisotopic (exact) mass is 342 g/mol. The molecular weight excluding hydrogens is 320 g/mol. The van der Waals surface area contributed by atoms with E-state index in [4.69, 9.17) is 0 Å². The van der Waals surface area contributed by atoms with Crippen molar-refractivity contribution < 1.29 is 4.79 Å². The molecule has 1 amide bonds. The number of amides is 1. The summed E-state index contributed by atoms with van der Waals surface area (Å²) in [7, 11) is 0. The molecule has 1 aliphatic heterocycles. The molecule has 0 aromatic heterocycles. The lowest BCUT2D eigenvalue weighted by molar-refractivity contribution is 0.0975. The molecule has 1 aliphatic rings. The van der Waals surface area contributed by atoms with Crippen molar-refractivity contribution in [2.24, 2.45) is 0 Å². The van der Waals surface area contributed by atoms with Gasteiger partial charge in [-0.15, -0.1) is 0 Å². The van der Waals surface area contributed by atoms with Crippen molar-refractivity contribution in [3.8, 4) is 0 Å². The van der Waals surface area contributed by atoms with Gasteiger partial charge >= 0.3 is 0 Å². The largest absolute Gasteiger partial charge is 0.360 e. The lowest BCUT2D eigenvalue weighted by Gasteiger charge is -2.38. The average Bonchev–Trinajstić information content (AvgIpc) is 2.69. The van der Waals surface area contributed by atoms with Gasteiger partial charge in [-0.05, 0) is 48.7 Å². The van der Waals surface area contributed by atoms with Crippen molar-refractivity contribution in [1.82, 2.24) is 0 Å². The zero-order valence-corrected chi connectivity index (χ0v) is 15.1. The van der Waals surface area contributed by atoms with Gasteiger partial charge in [0.25, 0.3) is 5.91 Å². The maximum absolute atomic E-state index is 13.3. The summed E-state index contributed by atoms with van der Waals surface area (Å²) < 4.78 is 0. The highest BCUT2D eigenvalue weighted by molar-refractivity contribution is 6.12. The first-order valence-electron chi connectivity index (χ1n) is 9.02. The fourth-order valence-electron chi connectivity index (χ4n) is 3.39. The number of nitrogens with zero attached hydrogens (tertiary/aromatic N) is 1. The topological polar surface area (TPSA) is 32.3 Å². The van der Waals surface area contributed by atoms with Crippen molar-refractivity contribution >= 4 is 17.3 Å². The molecule has 0 spiro atoms. The van der Waals surface area contributed by atoms with E-state index in [0.29, 0.717) is 5.56 Å². The van der Waals surface area contributed by atoms with Crippen molar-refractivity contribution in [3.63, 3.8) is 0 Å². The molecule has 0 saturated carbocycles. The van der Waals surface area contributed by atoms with Crippen LogP contribution in [0.4, 0.5) is 11.4 Å². The van der Waals surface area contributed by atoms with E-state index in [-0.39, 0.29) is 12.1 Å². The lowest BCUT2D eigenvalue weighted by Crippen LogP contribution is -2.43. The van der Waals surface area contributed by atoms with E-state index in [9.17, 15) is 4.79 Å². The van der Waals surface area contributed by atoms with Crippen molar-refractivity contribution in [2.75, 3.05) is 10.2 Å². The van der Waals surface area contributed by atoms with Crippen LogP contribution in [0.2, 0.25) is 0 Å². The summed E-state index contributed by atoms with van der Waals surface area (Å²) in [6.07, 6.45) is 0.771. The molecule has 0 radical (unpaired) electrons. The van der Waals surface area contributed by atoms with E-state index in [0.717, 1.165) is 23.4 Å². The number of carbonyl (C=O) groups is 1. The summed E-state index contributed by atoms with van der Waals surface area (Å²) >= 11 is 0. The van der Waals surface area contributed by atoms with Crippen LogP contribution >= 0.6 is 0 Å². The van der Waals surface area contributed by atoms with Crippen LogP contribution in [-0.2, 0) is 6.42 Å². The van der Waals surface area contributed by atoms with Gasteiger partial charge in [0.1, 0.15) is 6.17 Å². The molecular formula is C23H22N2O. The van der Waals surface area contributed by atoms with E-state index in [2.05, 4.69) is 43.4 Å². The molecule has 1 N–H and O–H groups in total. The Morgan fingerprint density at radius 3 is 2.31 bits per heavy atom. The number of hydrogen-bond donors (Lipinski definition) is 1. The molecule has 0 bridgehead atoms. The van der Waals surface area contributed by atoms with Crippen LogP contribution < -0.4 is 10.2 Å². The number of anilines is 2. The third-order valence-corrected chi connectivity index (χ3v) is 4.94. The van der Waals surface area contributed by atoms with E-state index < -0.39 is 0 Å². The molecule has 130 valence electrons. The first-order chi connectivity index (χ1) is 12.7. The number of carbonyl (C=O) groups excluding carboxylic acids is 1. The molecule has 0 unspecified atom stereocenters. The van der Waals surface area contributed by atoms with E-state index in [1.165, 1.54) is 11.1 Å². The first-order valence-corrected chi connectivity index (χ1v) is 9.02. The number of rotatable bonds is 3. The number of nitrogens with one attached hydrogen (secondary N) is 1. The molecule has 4 rings (SSSR count). The maximum Gasteiger partial charge on any atom is 0.262 e. The van der Waals surface area contributed by atoms with Gasteiger partial charge in [-0.2, -0.15) is 0 Å². The Labute approximate surface area is 154 Å². The highest BCUT2D eigenvalue weighted by Gasteiger charge is 2.33. The van der Waals surface area contributed by atoms with E-state index in [1.807, 2.05) is 53.4 Å². The summed E-state index contributed by atoms with van der Waals surface area (Å²) in [6.45, 7) is 4.20. The van der Waals surface area contributed by atoms with Crippen LogP contribution in [0.1, 0.15) is 40.1 Å². The van der Waals surface area contributed by atoms with E-state index >= 15 is 0 Å². The lowest BCUT2D eigenvalue weighted by atomic mass is 10.0. The normalized spacial score (nSPS) is 16.2. The van der Waals surface area contributed by atoms with Gasteiger partial charge in [-0.1, -0.05) is 61.0 Å². The quantitative estimate of drug-likeness (QED) is 0.698. The van der Waals surface area contributed by atoms with Gasteiger partial charge in [-0.3, -0.25) is 9.69 Å². The minimum atomic E-state index is -0.231. The predicted molar refractivity (Wildman–Crippen MR) is 107 cm³/mol. The second-order valence-electron chi connectivity index (χ2n) is 6.70. The van der Waals surface area contributed by atoms with Gasteiger partial charge in [-0.25, -0.2) is 0 Å². The fraction of sp³-hybridized carbons (Fsp3) is 0.174. The Morgan fingerprint density at radius 2 is 1.62 bits per heavy atom. The Balaban J connectivity index is 1.82. The number of aryl methyl sites for hydroxylation is 2. The van der Waals surface area contributed by atoms with Crippen LogP contribution in [0.15, 0.2) is 72.8 Å². The standard InChI is InChI=1S/C23H22N2O/c1-3-17-10-12-18(13-11-17)22-24-21-7-5-4-6-20(21)23(26)25(22)19-14-8-16(2)9-15-19/h4-15,22,24H,3H2,1-2H3/t22-/m0/s1. The van der Waals surface area contributed by atoms with Crippen molar-refractivity contribution in [2.45, 2.75) is 26.4 Å². The van der Waals surface area contributed by atoms with Gasteiger partial charge < -0.3 is 5.32 Å². The van der Waals surface area contributed by atoms with Crippen LogP contribution in [0, 0.1) is 6.92 Å². The minimum absolute atomic E-state index is 0.0211. The van der Waals surface area contributed by atoms with Gasteiger partial charge in [0.15, 0.2) is 0 Å². The maximum atomic E-state index is 13.3. The summed E-state index contributed by atoms with van der Waals surface area (Å²) in [4.78, 5) is 15.1. The number of para-hydroxylation sites is 1. The molecule has 0 fully saturated rings. The fourth-order valence-corrected chi connectivity index (χ4v) is 3.39. The molecule has 0 saturated heterocycles. The molecule has 3 heteroatoms. The number of fused-ring (bicyclic) bond motifs is 1. The number of benzene rings is 3. The van der Waals surface area contributed by atoms with E-state index in [1.54, 1.807) is 0 Å². The van der Waals surface area contributed by atoms with Crippen LogP contribution in [-0.4, -0.2) is 5.91 Å².